The van der Waals surface area contributed by atoms with Crippen LogP contribution in [0.2, 0.25) is 0 Å². The fourth-order valence-corrected chi connectivity index (χ4v) is 5.76. The Kier molecular flexibility index (Phi) is 4.32. The standard InChI is InChI=1S/C19H25N3O4S/c1-19(2)11-20-18-17(23)15-9-14(6-7-16(15)21(18)12-19)27(24,25)22-8-4-5-13(22)10-26-3/h6-7,9,11,13,23H,4-5,8,10,12H2,1-3H3/t13-/m1/s1. The SMILES string of the molecule is COC[C@H]1CCCN1S(=O)(=O)c1ccc2c(c1)c(O)c1n2CC(C)(C)C=N1. The first-order valence-corrected chi connectivity index (χ1v) is 10.6. The summed E-state index contributed by atoms with van der Waals surface area (Å²) in [6, 6.07) is 4.81. The number of methoxy groups -OCH3 is 1. The van der Waals surface area contributed by atoms with Gasteiger partial charge in [-0.3, -0.25) is 0 Å². The van der Waals surface area contributed by atoms with Crippen LogP contribution in [0.25, 0.3) is 10.9 Å². The minimum absolute atomic E-state index is 0.0312. The van der Waals surface area contributed by atoms with Crippen molar-refractivity contribution in [1.82, 2.24) is 8.87 Å². The van der Waals surface area contributed by atoms with E-state index in [4.69, 9.17) is 4.74 Å². The van der Waals surface area contributed by atoms with Crippen LogP contribution in [-0.4, -0.2) is 54.9 Å². The molecule has 1 atom stereocenters. The highest BCUT2D eigenvalue weighted by Crippen LogP contribution is 2.43. The molecule has 0 bridgehead atoms. The van der Waals surface area contributed by atoms with E-state index in [1.807, 2.05) is 10.8 Å². The number of aliphatic imine (C=N–C) groups is 1. The zero-order valence-electron chi connectivity index (χ0n) is 15.8. The first-order chi connectivity index (χ1) is 12.7. The molecule has 146 valence electrons. The highest BCUT2D eigenvalue weighted by atomic mass is 32.2. The monoisotopic (exact) mass is 391 g/mol. The van der Waals surface area contributed by atoms with Crippen molar-refractivity contribution in [3.63, 3.8) is 0 Å². The number of benzene rings is 1. The number of aromatic hydroxyl groups is 1. The smallest absolute Gasteiger partial charge is 0.243 e. The van der Waals surface area contributed by atoms with Gasteiger partial charge in [0, 0.05) is 43.3 Å². The van der Waals surface area contributed by atoms with Crippen molar-refractivity contribution in [3.8, 4) is 5.75 Å². The lowest BCUT2D eigenvalue weighted by atomic mass is 9.94. The molecule has 0 spiro atoms. The Balaban J connectivity index is 1.79. The maximum absolute atomic E-state index is 13.2. The van der Waals surface area contributed by atoms with Gasteiger partial charge >= 0.3 is 0 Å². The molecule has 4 rings (SSSR count). The Bertz CT molecular complexity index is 1020. The number of nitrogens with zero attached hydrogens (tertiary/aromatic N) is 3. The number of sulfonamides is 1. The highest BCUT2D eigenvalue weighted by molar-refractivity contribution is 7.89. The molecule has 0 radical (unpaired) electrons. The summed E-state index contributed by atoms with van der Waals surface area (Å²) in [5, 5.41) is 11.2. The Morgan fingerprint density at radius 3 is 2.89 bits per heavy atom. The van der Waals surface area contributed by atoms with Crippen molar-refractivity contribution < 1.29 is 18.3 Å². The van der Waals surface area contributed by atoms with E-state index in [1.165, 1.54) is 4.31 Å². The number of ether oxygens (including phenoxy) is 1. The molecule has 2 aliphatic heterocycles. The summed E-state index contributed by atoms with van der Waals surface area (Å²) in [5.41, 5.74) is 0.667. The van der Waals surface area contributed by atoms with Gasteiger partial charge in [-0.1, -0.05) is 13.8 Å². The minimum atomic E-state index is -3.65. The number of hydrogen-bond donors (Lipinski definition) is 1. The van der Waals surface area contributed by atoms with Crippen LogP contribution in [0, 0.1) is 5.41 Å². The Morgan fingerprint density at radius 1 is 1.37 bits per heavy atom. The Morgan fingerprint density at radius 2 is 2.15 bits per heavy atom. The second-order valence-electron chi connectivity index (χ2n) is 8.05. The van der Waals surface area contributed by atoms with Gasteiger partial charge in [0.2, 0.25) is 10.0 Å². The van der Waals surface area contributed by atoms with Crippen molar-refractivity contribution in [1.29, 1.82) is 0 Å². The number of hydrogen-bond acceptors (Lipinski definition) is 5. The number of aromatic nitrogens is 1. The summed E-state index contributed by atoms with van der Waals surface area (Å²) in [5.74, 6) is 0.515. The van der Waals surface area contributed by atoms with Crippen LogP contribution in [0.5, 0.6) is 5.75 Å². The van der Waals surface area contributed by atoms with Crippen LogP contribution in [0.4, 0.5) is 5.82 Å². The molecule has 27 heavy (non-hydrogen) atoms. The van der Waals surface area contributed by atoms with Crippen molar-refractivity contribution in [2.24, 2.45) is 10.4 Å². The van der Waals surface area contributed by atoms with Gasteiger partial charge < -0.3 is 14.4 Å². The fourth-order valence-electron chi connectivity index (χ4n) is 4.06. The molecule has 1 aromatic carbocycles. The first-order valence-electron chi connectivity index (χ1n) is 9.16. The number of rotatable bonds is 4. The van der Waals surface area contributed by atoms with Crippen molar-refractivity contribution in [3.05, 3.63) is 18.2 Å². The van der Waals surface area contributed by atoms with Crippen molar-refractivity contribution in [2.75, 3.05) is 20.3 Å². The zero-order chi connectivity index (χ0) is 19.4. The average molecular weight is 391 g/mol. The van der Waals surface area contributed by atoms with Gasteiger partial charge in [0.1, 0.15) is 0 Å². The lowest BCUT2D eigenvalue weighted by Gasteiger charge is -2.25. The molecule has 7 nitrogen and oxygen atoms in total. The van der Waals surface area contributed by atoms with E-state index in [1.54, 1.807) is 25.3 Å². The quantitative estimate of drug-likeness (QED) is 0.869. The predicted molar refractivity (Wildman–Crippen MR) is 104 cm³/mol. The van der Waals surface area contributed by atoms with E-state index in [2.05, 4.69) is 18.8 Å². The molecular formula is C19H25N3O4S. The largest absolute Gasteiger partial charge is 0.504 e. The van der Waals surface area contributed by atoms with E-state index >= 15 is 0 Å². The van der Waals surface area contributed by atoms with E-state index < -0.39 is 10.0 Å². The molecule has 1 N–H and O–H groups in total. The van der Waals surface area contributed by atoms with Crippen LogP contribution >= 0.6 is 0 Å². The average Bonchev–Trinajstić information content (AvgIpc) is 3.18. The Labute approximate surface area is 159 Å². The van der Waals surface area contributed by atoms with Crippen LogP contribution in [0.3, 0.4) is 0 Å². The summed E-state index contributed by atoms with van der Waals surface area (Å²) in [6.45, 7) is 5.70. The van der Waals surface area contributed by atoms with Gasteiger partial charge in [0.15, 0.2) is 11.6 Å². The maximum Gasteiger partial charge on any atom is 0.243 e. The summed E-state index contributed by atoms with van der Waals surface area (Å²) < 4.78 is 35.0. The third-order valence-corrected chi connectivity index (χ3v) is 7.32. The lowest BCUT2D eigenvalue weighted by Crippen LogP contribution is -2.38. The van der Waals surface area contributed by atoms with Gasteiger partial charge in [-0.2, -0.15) is 4.31 Å². The summed E-state index contributed by atoms with van der Waals surface area (Å²) in [6.07, 6.45) is 3.45. The minimum Gasteiger partial charge on any atom is -0.504 e. The zero-order valence-corrected chi connectivity index (χ0v) is 16.7. The molecule has 1 aromatic heterocycles. The van der Waals surface area contributed by atoms with Crippen LogP contribution < -0.4 is 0 Å². The molecule has 0 saturated carbocycles. The van der Waals surface area contributed by atoms with Gasteiger partial charge in [0.25, 0.3) is 0 Å². The van der Waals surface area contributed by atoms with Gasteiger partial charge in [-0.25, -0.2) is 13.4 Å². The highest BCUT2D eigenvalue weighted by Gasteiger charge is 2.36. The molecule has 0 amide bonds. The second kappa shape index (κ2) is 6.32. The third kappa shape index (κ3) is 2.96. The second-order valence-corrected chi connectivity index (χ2v) is 9.94. The molecule has 0 unspecified atom stereocenters. The molecule has 1 fully saturated rings. The summed E-state index contributed by atoms with van der Waals surface area (Å²) in [7, 11) is -2.06. The summed E-state index contributed by atoms with van der Waals surface area (Å²) in [4.78, 5) is 4.59. The molecule has 2 aliphatic rings. The van der Waals surface area contributed by atoms with Crippen LogP contribution in [0.1, 0.15) is 26.7 Å². The normalized spacial score (nSPS) is 22.4. The molecular weight excluding hydrogens is 366 g/mol. The molecule has 1 saturated heterocycles. The van der Waals surface area contributed by atoms with Gasteiger partial charge in [-0.15, -0.1) is 0 Å². The van der Waals surface area contributed by atoms with E-state index in [0.717, 1.165) is 18.4 Å². The fraction of sp³-hybridized carbons (Fsp3) is 0.526. The topological polar surface area (TPSA) is 84.1 Å². The van der Waals surface area contributed by atoms with E-state index in [0.29, 0.717) is 30.9 Å². The molecule has 2 aromatic rings. The van der Waals surface area contributed by atoms with Crippen LogP contribution in [0.15, 0.2) is 28.1 Å². The first kappa shape index (κ1) is 18.5. The predicted octanol–water partition coefficient (Wildman–Crippen LogP) is 2.89. The van der Waals surface area contributed by atoms with Gasteiger partial charge in [-0.05, 0) is 31.0 Å². The maximum atomic E-state index is 13.2. The Hall–Kier alpha value is -1.90. The van der Waals surface area contributed by atoms with Crippen molar-refractivity contribution >= 4 is 33.0 Å². The molecule has 8 heteroatoms. The van der Waals surface area contributed by atoms with Crippen molar-refractivity contribution in [2.45, 2.75) is 44.2 Å². The third-order valence-electron chi connectivity index (χ3n) is 5.37. The van der Waals surface area contributed by atoms with E-state index in [9.17, 15) is 13.5 Å². The number of fused-ring (bicyclic) bond motifs is 3. The summed E-state index contributed by atoms with van der Waals surface area (Å²) >= 11 is 0. The molecule has 3 heterocycles. The molecule has 0 aliphatic carbocycles. The van der Waals surface area contributed by atoms with E-state index in [-0.39, 0.29) is 22.1 Å². The lowest BCUT2D eigenvalue weighted by molar-refractivity contribution is 0.149. The van der Waals surface area contributed by atoms with Gasteiger partial charge in [0.05, 0.1) is 17.0 Å². The van der Waals surface area contributed by atoms with Crippen LogP contribution in [-0.2, 0) is 21.3 Å².